The molecule has 0 bridgehead atoms. The Morgan fingerprint density at radius 2 is 1.88 bits per heavy atom. The molecule has 2 nitrogen and oxygen atoms in total. The van der Waals surface area contributed by atoms with Crippen LogP contribution in [-0.4, -0.2) is 16.8 Å². The van der Waals surface area contributed by atoms with Crippen molar-refractivity contribution in [2.75, 3.05) is 5.75 Å². The summed E-state index contributed by atoms with van der Waals surface area (Å²) >= 11 is 1.56. The molecule has 0 amide bonds. The summed E-state index contributed by atoms with van der Waals surface area (Å²) in [6.45, 7) is 2.02. The van der Waals surface area contributed by atoms with Gasteiger partial charge in [-0.15, -0.1) is 11.8 Å². The van der Waals surface area contributed by atoms with E-state index in [1.54, 1.807) is 17.8 Å². The summed E-state index contributed by atoms with van der Waals surface area (Å²) in [6.07, 6.45) is 0. The van der Waals surface area contributed by atoms with Crippen LogP contribution in [0.5, 0.6) is 0 Å². The molecule has 0 aliphatic heterocycles. The molecule has 3 heteroatoms. The van der Waals surface area contributed by atoms with E-state index in [9.17, 15) is 4.79 Å². The highest BCUT2D eigenvalue weighted by Crippen LogP contribution is 2.28. The molecule has 0 saturated heterocycles. The van der Waals surface area contributed by atoms with Gasteiger partial charge in [0.2, 0.25) is 0 Å². The largest absolute Gasteiger partial charge is 0.478 e. The number of carboxylic acid groups (broad SMARTS) is 1. The van der Waals surface area contributed by atoms with Gasteiger partial charge in [-0.2, -0.15) is 0 Å². The number of aromatic carboxylic acids is 1. The summed E-state index contributed by atoms with van der Waals surface area (Å²) in [6, 6.07) is 11.5. The van der Waals surface area contributed by atoms with Crippen LogP contribution in [-0.2, 0) is 0 Å². The Kier molecular flexibility index (Phi) is 3.15. The van der Waals surface area contributed by atoms with Crippen LogP contribution in [0, 0.1) is 0 Å². The third-order valence-electron chi connectivity index (χ3n) is 2.38. The zero-order valence-electron chi connectivity index (χ0n) is 8.93. The lowest BCUT2D eigenvalue weighted by Crippen LogP contribution is -1.99. The molecule has 0 radical (unpaired) electrons. The molecule has 2 rings (SSSR count). The predicted molar refractivity (Wildman–Crippen MR) is 67.3 cm³/mol. The molecular formula is C13H12O2S. The average molecular weight is 232 g/mol. The van der Waals surface area contributed by atoms with Crippen LogP contribution in [0.1, 0.15) is 17.3 Å². The van der Waals surface area contributed by atoms with Crippen LogP contribution in [0.25, 0.3) is 10.8 Å². The Morgan fingerprint density at radius 1 is 1.25 bits per heavy atom. The number of rotatable bonds is 3. The van der Waals surface area contributed by atoms with E-state index >= 15 is 0 Å². The van der Waals surface area contributed by atoms with E-state index in [0.717, 1.165) is 21.4 Å². The molecule has 2 aromatic rings. The number of hydrogen-bond acceptors (Lipinski definition) is 2. The highest BCUT2D eigenvalue weighted by atomic mass is 32.2. The van der Waals surface area contributed by atoms with Crippen LogP contribution in [0.3, 0.4) is 0 Å². The number of carbonyl (C=O) groups is 1. The van der Waals surface area contributed by atoms with Crippen molar-refractivity contribution >= 4 is 28.5 Å². The van der Waals surface area contributed by atoms with Crippen molar-refractivity contribution in [3.63, 3.8) is 0 Å². The molecule has 0 unspecified atom stereocenters. The summed E-state index contributed by atoms with van der Waals surface area (Å²) in [5, 5.41) is 11.2. The first-order chi connectivity index (χ1) is 7.72. The normalized spacial score (nSPS) is 10.6. The van der Waals surface area contributed by atoms with Gasteiger partial charge in [0.25, 0.3) is 0 Å². The van der Waals surface area contributed by atoms with Gasteiger partial charge in [0.1, 0.15) is 0 Å². The monoisotopic (exact) mass is 232 g/mol. The second kappa shape index (κ2) is 4.58. The molecule has 16 heavy (non-hydrogen) atoms. The number of thioether (sulfide) groups is 1. The van der Waals surface area contributed by atoms with E-state index in [4.69, 9.17) is 5.11 Å². The first-order valence-corrected chi connectivity index (χ1v) is 6.10. The molecule has 0 aliphatic carbocycles. The summed E-state index contributed by atoms with van der Waals surface area (Å²) in [4.78, 5) is 12.0. The van der Waals surface area contributed by atoms with Gasteiger partial charge in [0.05, 0.1) is 5.56 Å². The van der Waals surface area contributed by atoms with Crippen molar-refractivity contribution in [2.24, 2.45) is 0 Å². The zero-order chi connectivity index (χ0) is 11.5. The quantitative estimate of drug-likeness (QED) is 0.821. The van der Waals surface area contributed by atoms with Crippen molar-refractivity contribution in [2.45, 2.75) is 11.8 Å². The number of benzene rings is 2. The second-order valence-electron chi connectivity index (χ2n) is 3.43. The Hall–Kier alpha value is -1.48. The minimum absolute atomic E-state index is 0.394. The first-order valence-electron chi connectivity index (χ1n) is 5.11. The van der Waals surface area contributed by atoms with E-state index in [1.165, 1.54) is 0 Å². The third kappa shape index (κ3) is 2.04. The van der Waals surface area contributed by atoms with Gasteiger partial charge in [-0.1, -0.05) is 31.2 Å². The lowest BCUT2D eigenvalue weighted by atomic mass is 10.1. The summed E-state index contributed by atoms with van der Waals surface area (Å²) in [7, 11) is 0. The van der Waals surface area contributed by atoms with E-state index < -0.39 is 5.97 Å². The van der Waals surface area contributed by atoms with Gasteiger partial charge in [0.15, 0.2) is 0 Å². The van der Waals surface area contributed by atoms with Crippen LogP contribution < -0.4 is 0 Å². The minimum Gasteiger partial charge on any atom is -0.478 e. The van der Waals surface area contributed by atoms with E-state index in [2.05, 4.69) is 0 Å². The Bertz CT molecular complexity index is 534. The van der Waals surface area contributed by atoms with Gasteiger partial charge < -0.3 is 5.11 Å². The molecule has 0 spiro atoms. The molecule has 82 valence electrons. The molecule has 0 saturated carbocycles. The Morgan fingerprint density at radius 3 is 2.44 bits per heavy atom. The third-order valence-corrected chi connectivity index (χ3v) is 3.32. The molecule has 0 heterocycles. The lowest BCUT2D eigenvalue weighted by Gasteiger charge is -2.06. The predicted octanol–water partition coefficient (Wildman–Crippen LogP) is 3.65. The van der Waals surface area contributed by atoms with Crippen LogP contribution >= 0.6 is 11.8 Å². The van der Waals surface area contributed by atoms with Gasteiger partial charge in [-0.25, -0.2) is 4.79 Å². The highest BCUT2D eigenvalue weighted by Gasteiger charge is 2.11. The molecule has 0 fully saturated rings. The summed E-state index contributed by atoms with van der Waals surface area (Å²) in [5.41, 5.74) is 0.394. The van der Waals surface area contributed by atoms with Gasteiger partial charge in [0, 0.05) is 4.90 Å². The van der Waals surface area contributed by atoms with E-state index in [-0.39, 0.29) is 0 Å². The van der Waals surface area contributed by atoms with Gasteiger partial charge in [-0.05, 0) is 28.7 Å². The van der Waals surface area contributed by atoms with Crippen molar-refractivity contribution in [3.05, 3.63) is 42.0 Å². The summed E-state index contributed by atoms with van der Waals surface area (Å²) in [5.74, 6) is 0.0141. The standard InChI is InChI=1S/C13H12O2S/c1-2-16-12-8-10-6-4-3-5-9(10)7-11(12)13(14)15/h3-8H,2H2,1H3,(H,14,15). The highest BCUT2D eigenvalue weighted by molar-refractivity contribution is 7.99. The Balaban J connectivity index is 2.65. The topological polar surface area (TPSA) is 37.3 Å². The van der Waals surface area contributed by atoms with Crippen molar-refractivity contribution < 1.29 is 9.90 Å². The van der Waals surface area contributed by atoms with E-state index in [1.807, 2.05) is 37.3 Å². The van der Waals surface area contributed by atoms with Crippen LogP contribution in [0.4, 0.5) is 0 Å². The van der Waals surface area contributed by atoms with Crippen molar-refractivity contribution in [1.82, 2.24) is 0 Å². The number of carboxylic acids is 1. The minimum atomic E-state index is -0.860. The maximum Gasteiger partial charge on any atom is 0.336 e. The zero-order valence-corrected chi connectivity index (χ0v) is 9.75. The average Bonchev–Trinajstić information content (AvgIpc) is 2.28. The maximum absolute atomic E-state index is 11.1. The van der Waals surface area contributed by atoms with Crippen molar-refractivity contribution in [1.29, 1.82) is 0 Å². The molecular weight excluding hydrogens is 220 g/mol. The SMILES string of the molecule is CCSc1cc2ccccc2cc1C(=O)O. The number of fused-ring (bicyclic) bond motifs is 1. The smallest absolute Gasteiger partial charge is 0.336 e. The van der Waals surface area contributed by atoms with E-state index in [0.29, 0.717) is 5.56 Å². The summed E-state index contributed by atoms with van der Waals surface area (Å²) < 4.78 is 0. The van der Waals surface area contributed by atoms with Gasteiger partial charge in [-0.3, -0.25) is 0 Å². The molecule has 2 aromatic carbocycles. The first kappa shape index (κ1) is 11.0. The maximum atomic E-state index is 11.1. The van der Waals surface area contributed by atoms with Crippen LogP contribution in [0.15, 0.2) is 41.3 Å². The van der Waals surface area contributed by atoms with Crippen LogP contribution in [0.2, 0.25) is 0 Å². The fraction of sp³-hybridized carbons (Fsp3) is 0.154. The Labute approximate surface area is 98.3 Å². The fourth-order valence-corrected chi connectivity index (χ4v) is 2.48. The second-order valence-corrected chi connectivity index (χ2v) is 4.74. The molecule has 1 N–H and O–H groups in total. The molecule has 0 atom stereocenters. The lowest BCUT2D eigenvalue weighted by molar-refractivity contribution is 0.0693. The van der Waals surface area contributed by atoms with Crippen molar-refractivity contribution in [3.8, 4) is 0 Å². The van der Waals surface area contributed by atoms with Gasteiger partial charge >= 0.3 is 5.97 Å². The number of hydrogen-bond donors (Lipinski definition) is 1. The molecule has 0 aromatic heterocycles. The molecule has 0 aliphatic rings. The fourth-order valence-electron chi connectivity index (χ4n) is 1.66.